The second kappa shape index (κ2) is 8.41. The number of imidazole rings is 2. The van der Waals surface area contributed by atoms with E-state index < -0.39 is 0 Å². The van der Waals surface area contributed by atoms with Crippen LogP contribution in [0.1, 0.15) is 0 Å². The zero-order valence-corrected chi connectivity index (χ0v) is 22.0. The van der Waals surface area contributed by atoms with Gasteiger partial charge in [-0.25, -0.2) is 9.97 Å². The van der Waals surface area contributed by atoms with Gasteiger partial charge < -0.3 is 0 Å². The molecule has 9 aromatic rings. The summed E-state index contributed by atoms with van der Waals surface area (Å²) in [6.45, 7) is 0. The molecule has 0 saturated carbocycles. The third kappa shape index (κ3) is 3.06. The Bertz CT molecular complexity index is 2390. The van der Waals surface area contributed by atoms with E-state index in [1.54, 1.807) is 0 Å². The number of hydrogen-bond acceptors (Lipinski definition) is 2. The molecule has 4 aromatic heterocycles. The highest BCUT2D eigenvalue weighted by molar-refractivity contribution is 6.09. The highest BCUT2D eigenvalue weighted by atomic mass is 15.2. The molecule has 5 nitrogen and oxygen atoms in total. The Balaban J connectivity index is 1.38. The fourth-order valence-corrected chi connectivity index (χ4v) is 6.42. The first-order valence-corrected chi connectivity index (χ1v) is 13.8. The first-order chi connectivity index (χ1) is 20.4. The summed E-state index contributed by atoms with van der Waals surface area (Å²) >= 11 is 0. The summed E-state index contributed by atoms with van der Waals surface area (Å²) in [6.07, 6.45) is 1.88. The average Bonchev–Trinajstić information content (AvgIpc) is 3.68. The fourth-order valence-electron chi connectivity index (χ4n) is 6.42. The van der Waals surface area contributed by atoms with E-state index in [2.05, 4.69) is 135 Å². The van der Waals surface area contributed by atoms with Crippen molar-refractivity contribution >= 4 is 49.7 Å². The van der Waals surface area contributed by atoms with Crippen LogP contribution >= 0.6 is 0 Å². The topological polar surface area (TPSA) is 40.1 Å². The molecule has 5 heteroatoms. The van der Waals surface area contributed by atoms with Crippen molar-refractivity contribution in [1.82, 2.24) is 23.5 Å². The lowest BCUT2D eigenvalue weighted by atomic mass is 10.0. The number of para-hydroxylation sites is 7. The van der Waals surface area contributed by atoms with E-state index >= 15 is 0 Å². The summed E-state index contributed by atoms with van der Waals surface area (Å²) in [4.78, 5) is 10.1. The molecule has 0 bridgehead atoms. The molecule has 0 radical (unpaired) electrons. The predicted molar refractivity (Wildman–Crippen MR) is 167 cm³/mol. The summed E-state index contributed by atoms with van der Waals surface area (Å²) in [7, 11) is 0. The maximum atomic E-state index is 5.12. The lowest BCUT2D eigenvalue weighted by Crippen LogP contribution is -2.03. The van der Waals surface area contributed by atoms with Crippen molar-refractivity contribution in [1.29, 1.82) is 0 Å². The van der Waals surface area contributed by atoms with Gasteiger partial charge in [-0.15, -0.1) is 0 Å². The molecular formula is C36H23N5. The smallest absolute Gasteiger partial charge is 0.220 e. The van der Waals surface area contributed by atoms with Crippen LogP contribution in [0.15, 0.2) is 140 Å². The van der Waals surface area contributed by atoms with Crippen LogP contribution in [0, 0.1) is 0 Å². The van der Waals surface area contributed by atoms with Gasteiger partial charge in [-0.2, -0.15) is 0 Å². The van der Waals surface area contributed by atoms with Crippen LogP contribution < -0.4 is 0 Å². The van der Waals surface area contributed by atoms with Gasteiger partial charge in [0.15, 0.2) is 0 Å². The van der Waals surface area contributed by atoms with Crippen LogP contribution in [0.5, 0.6) is 0 Å². The van der Waals surface area contributed by atoms with E-state index in [1.807, 2.05) is 18.3 Å². The van der Waals surface area contributed by atoms with Crippen molar-refractivity contribution in [2.75, 3.05) is 0 Å². The monoisotopic (exact) mass is 525 g/mol. The molecule has 0 saturated heterocycles. The number of fused-ring (bicyclic) bond motifs is 8. The molecule has 0 aliphatic carbocycles. The van der Waals surface area contributed by atoms with Crippen molar-refractivity contribution in [3.63, 3.8) is 0 Å². The third-order valence-electron chi connectivity index (χ3n) is 8.12. The maximum Gasteiger partial charge on any atom is 0.220 e. The lowest BCUT2D eigenvalue weighted by molar-refractivity contribution is 1.07. The molecular weight excluding hydrogens is 502 g/mol. The highest BCUT2D eigenvalue weighted by Crippen LogP contribution is 2.38. The van der Waals surface area contributed by atoms with Crippen molar-refractivity contribution in [3.8, 4) is 22.6 Å². The number of aromatic nitrogens is 5. The minimum atomic E-state index is 0.891. The minimum Gasteiger partial charge on any atom is -0.293 e. The molecule has 9 rings (SSSR count). The van der Waals surface area contributed by atoms with Gasteiger partial charge in [-0.05, 0) is 54.6 Å². The van der Waals surface area contributed by atoms with Gasteiger partial charge in [0.1, 0.15) is 5.82 Å². The molecule has 4 heterocycles. The predicted octanol–water partition coefficient (Wildman–Crippen LogP) is 8.59. The Hall–Kier alpha value is -5.68. The number of nitrogens with zero attached hydrogens (tertiary/aromatic N) is 5. The van der Waals surface area contributed by atoms with Crippen LogP contribution in [0.2, 0.25) is 0 Å². The second-order valence-corrected chi connectivity index (χ2v) is 10.3. The summed E-state index contributed by atoms with van der Waals surface area (Å²) in [5.41, 5.74) is 9.79. The van der Waals surface area contributed by atoms with E-state index in [1.165, 1.54) is 10.8 Å². The standard InChI is InChI=1S/C36H23N5/c1-5-17-29-24(12-1)25-13-2-6-18-30(25)39(29)35-27(15-11-23-37-35)26-14-3-7-19-31(26)40-33-21-9-10-22-34(33)41-32-20-8-4-16-28(32)38-36(40)41/h1-23H. The van der Waals surface area contributed by atoms with Crippen molar-refractivity contribution < 1.29 is 0 Å². The Kier molecular flexibility index (Phi) is 4.55. The van der Waals surface area contributed by atoms with Crippen LogP contribution in [0.4, 0.5) is 0 Å². The van der Waals surface area contributed by atoms with Gasteiger partial charge in [0.2, 0.25) is 5.78 Å². The summed E-state index contributed by atoms with van der Waals surface area (Å²) in [5, 5.41) is 2.44. The number of hydrogen-bond donors (Lipinski definition) is 0. The molecule has 0 spiro atoms. The highest BCUT2D eigenvalue weighted by Gasteiger charge is 2.22. The minimum absolute atomic E-state index is 0.891. The van der Waals surface area contributed by atoms with Gasteiger partial charge in [0.05, 0.1) is 38.8 Å². The van der Waals surface area contributed by atoms with E-state index in [-0.39, 0.29) is 0 Å². The fraction of sp³-hybridized carbons (Fsp3) is 0. The first-order valence-electron chi connectivity index (χ1n) is 13.8. The zero-order valence-electron chi connectivity index (χ0n) is 22.0. The van der Waals surface area contributed by atoms with E-state index in [0.29, 0.717) is 0 Å². The SMILES string of the molecule is c1ccc(-n2c3ccccc3n3c4ccccc4nc23)c(-c2cccnc2-n2c3ccccc3c3ccccc32)c1. The molecule has 0 atom stereocenters. The molecule has 0 amide bonds. The Morgan fingerprint density at radius 3 is 1.80 bits per heavy atom. The van der Waals surface area contributed by atoms with Gasteiger partial charge in [-0.3, -0.25) is 13.5 Å². The van der Waals surface area contributed by atoms with Crippen molar-refractivity contribution in [2.24, 2.45) is 0 Å². The molecule has 41 heavy (non-hydrogen) atoms. The largest absolute Gasteiger partial charge is 0.293 e. The molecule has 0 aliphatic rings. The Morgan fingerprint density at radius 2 is 1.02 bits per heavy atom. The normalized spacial score (nSPS) is 11.9. The van der Waals surface area contributed by atoms with Crippen molar-refractivity contribution in [2.45, 2.75) is 0 Å². The van der Waals surface area contributed by atoms with E-state index in [9.17, 15) is 0 Å². The van der Waals surface area contributed by atoms with Crippen LogP contribution in [-0.4, -0.2) is 23.5 Å². The molecule has 5 aromatic carbocycles. The van der Waals surface area contributed by atoms with Crippen molar-refractivity contribution in [3.05, 3.63) is 140 Å². The maximum absolute atomic E-state index is 5.12. The van der Waals surface area contributed by atoms with Gasteiger partial charge >= 0.3 is 0 Å². The Labute approximate surface area is 235 Å². The average molecular weight is 526 g/mol. The van der Waals surface area contributed by atoms with Gasteiger partial charge in [0.25, 0.3) is 0 Å². The van der Waals surface area contributed by atoms with Crippen LogP contribution in [-0.2, 0) is 0 Å². The quantitative estimate of drug-likeness (QED) is 0.232. The van der Waals surface area contributed by atoms with Crippen LogP contribution in [0.3, 0.4) is 0 Å². The molecule has 0 fully saturated rings. The van der Waals surface area contributed by atoms with Crippen LogP contribution in [0.25, 0.3) is 72.3 Å². The first kappa shape index (κ1) is 22.2. The lowest BCUT2D eigenvalue weighted by Gasteiger charge is -2.16. The molecule has 192 valence electrons. The Morgan fingerprint density at radius 1 is 0.439 bits per heavy atom. The van der Waals surface area contributed by atoms with E-state index in [0.717, 1.165) is 61.5 Å². The van der Waals surface area contributed by atoms with Gasteiger partial charge in [-0.1, -0.05) is 78.9 Å². The second-order valence-electron chi connectivity index (χ2n) is 10.3. The number of benzene rings is 5. The summed E-state index contributed by atoms with van der Waals surface area (Å²) in [5.74, 6) is 1.79. The van der Waals surface area contributed by atoms with Gasteiger partial charge in [0, 0.05) is 28.1 Å². The number of pyridine rings is 1. The summed E-state index contributed by atoms with van der Waals surface area (Å²) in [6, 6.07) is 46.8. The zero-order chi connectivity index (χ0) is 26.9. The number of rotatable bonds is 3. The third-order valence-corrected chi connectivity index (χ3v) is 8.12. The summed E-state index contributed by atoms with van der Waals surface area (Å²) < 4.78 is 6.84. The molecule has 0 aliphatic heterocycles. The molecule has 0 unspecified atom stereocenters. The van der Waals surface area contributed by atoms with E-state index in [4.69, 9.17) is 9.97 Å². The molecule has 0 N–H and O–H groups in total.